The van der Waals surface area contributed by atoms with E-state index in [1.54, 1.807) is 25.1 Å². The molecule has 0 fully saturated rings. The van der Waals surface area contributed by atoms with Gasteiger partial charge in [-0.2, -0.15) is 0 Å². The van der Waals surface area contributed by atoms with Crippen molar-refractivity contribution in [1.29, 1.82) is 0 Å². The summed E-state index contributed by atoms with van der Waals surface area (Å²) >= 11 is 0. The van der Waals surface area contributed by atoms with E-state index in [2.05, 4.69) is 9.97 Å². The van der Waals surface area contributed by atoms with Gasteiger partial charge in [-0.05, 0) is 0 Å². The zero-order valence-corrected chi connectivity index (χ0v) is 11.3. The Kier molecular flexibility index (Phi) is 3.79. The first-order valence-electron chi connectivity index (χ1n) is 5.92. The average Bonchev–Trinajstić information content (AvgIpc) is 2.46. The average molecular weight is 288 g/mol. The number of hydrogen-bond acceptors (Lipinski definition) is 6. The van der Waals surface area contributed by atoms with E-state index in [-0.39, 0.29) is 22.9 Å². The minimum atomic E-state index is -1.13. The monoisotopic (exact) mass is 288 g/mol. The van der Waals surface area contributed by atoms with E-state index in [4.69, 9.17) is 5.11 Å². The molecular formula is C13H12N4O4. The highest BCUT2D eigenvalue weighted by Crippen LogP contribution is 2.24. The van der Waals surface area contributed by atoms with Crippen LogP contribution in [0.3, 0.4) is 0 Å². The number of nitrogens with zero attached hydrogens (tertiary/aromatic N) is 4. The Morgan fingerprint density at radius 1 is 1.38 bits per heavy atom. The second kappa shape index (κ2) is 5.53. The van der Waals surface area contributed by atoms with Crippen molar-refractivity contribution in [2.75, 3.05) is 19.0 Å². The third kappa shape index (κ3) is 2.94. The molecule has 0 aliphatic rings. The van der Waals surface area contributed by atoms with Crippen molar-refractivity contribution in [1.82, 2.24) is 9.97 Å². The molecule has 108 valence electrons. The Hall–Kier alpha value is -3.03. The van der Waals surface area contributed by atoms with E-state index in [1.807, 2.05) is 0 Å². The standard InChI is InChI=1S/C13H12N4O4/c1-16(2)12-10(13(18)19)7-14-11(15-12)8-4-3-5-9(6-8)17(20)21/h3-7H,1-2H3,(H,18,19). The van der Waals surface area contributed by atoms with Crippen LogP contribution in [0.15, 0.2) is 30.5 Å². The van der Waals surface area contributed by atoms with Crippen molar-refractivity contribution < 1.29 is 14.8 Å². The maximum Gasteiger partial charge on any atom is 0.341 e. The lowest BCUT2D eigenvalue weighted by molar-refractivity contribution is -0.384. The molecule has 2 rings (SSSR count). The summed E-state index contributed by atoms with van der Waals surface area (Å²) in [6.07, 6.45) is 1.19. The first-order valence-corrected chi connectivity index (χ1v) is 5.92. The van der Waals surface area contributed by atoms with Crippen LogP contribution in [-0.4, -0.2) is 40.1 Å². The molecule has 1 heterocycles. The summed E-state index contributed by atoms with van der Waals surface area (Å²) in [5, 5.41) is 19.9. The molecule has 1 aromatic carbocycles. The normalized spacial score (nSPS) is 10.2. The van der Waals surface area contributed by atoms with Crippen LogP contribution >= 0.6 is 0 Å². The molecule has 0 saturated carbocycles. The lowest BCUT2D eigenvalue weighted by atomic mass is 10.2. The lowest BCUT2D eigenvalue weighted by Crippen LogP contribution is -2.16. The number of carbonyl (C=O) groups is 1. The van der Waals surface area contributed by atoms with Gasteiger partial charge in [-0.1, -0.05) is 12.1 Å². The quantitative estimate of drug-likeness (QED) is 0.674. The molecule has 0 spiro atoms. The number of nitro benzene ring substituents is 1. The van der Waals surface area contributed by atoms with Gasteiger partial charge < -0.3 is 10.0 Å². The van der Waals surface area contributed by atoms with Crippen LogP contribution < -0.4 is 4.90 Å². The van der Waals surface area contributed by atoms with E-state index >= 15 is 0 Å². The third-order valence-electron chi connectivity index (χ3n) is 2.74. The Bertz CT molecular complexity index is 715. The molecular weight excluding hydrogens is 276 g/mol. The Morgan fingerprint density at radius 3 is 2.67 bits per heavy atom. The van der Waals surface area contributed by atoms with Crippen LogP contribution in [0, 0.1) is 10.1 Å². The molecule has 1 aromatic heterocycles. The van der Waals surface area contributed by atoms with Crippen molar-refractivity contribution in [2.24, 2.45) is 0 Å². The smallest absolute Gasteiger partial charge is 0.341 e. The van der Waals surface area contributed by atoms with E-state index in [0.717, 1.165) is 0 Å². The summed E-state index contributed by atoms with van der Waals surface area (Å²) in [6.45, 7) is 0. The van der Waals surface area contributed by atoms with Gasteiger partial charge >= 0.3 is 5.97 Å². The Morgan fingerprint density at radius 2 is 2.10 bits per heavy atom. The van der Waals surface area contributed by atoms with Crippen LogP contribution in [0.4, 0.5) is 11.5 Å². The summed E-state index contributed by atoms with van der Waals surface area (Å²) < 4.78 is 0. The fourth-order valence-electron chi connectivity index (χ4n) is 1.76. The van der Waals surface area contributed by atoms with E-state index in [1.165, 1.54) is 24.4 Å². The van der Waals surface area contributed by atoms with Crippen LogP contribution in [0.5, 0.6) is 0 Å². The summed E-state index contributed by atoms with van der Waals surface area (Å²) in [6, 6.07) is 5.86. The van der Waals surface area contributed by atoms with Gasteiger partial charge in [0.1, 0.15) is 11.4 Å². The molecule has 2 aromatic rings. The van der Waals surface area contributed by atoms with Gasteiger partial charge in [-0.15, -0.1) is 0 Å². The molecule has 0 unspecified atom stereocenters. The number of aromatic nitrogens is 2. The minimum Gasteiger partial charge on any atom is -0.477 e. The second-order valence-electron chi connectivity index (χ2n) is 4.44. The maximum atomic E-state index is 11.1. The van der Waals surface area contributed by atoms with E-state index in [0.29, 0.717) is 5.56 Å². The molecule has 0 aliphatic carbocycles. The van der Waals surface area contributed by atoms with Gasteiger partial charge in [0.15, 0.2) is 5.82 Å². The van der Waals surface area contributed by atoms with Crippen molar-refractivity contribution in [3.8, 4) is 11.4 Å². The van der Waals surface area contributed by atoms with Crippen LogP contribution in [0.2, 0.25) is 0 Å². The first kappa shape index (κ1) is 14.4. The van der Waals surface area contributed by atoms with Crippen molar-refractivity contribution in [3.05, 3.63) is 46.1 Å². The number of carboxylic acids is 1. The van der Waals surface area contributed by atoms with E-state index in [9.17, 15) is 14.9 Å². The number of non-ortho nitro benzene ring substituents is 1. The molecule has 8 nitrogen and oxygen atoms in total. The third-order valence-corrected chi connectivity index (χ3v) is 2.74. The maximum absolute atomic E-state index is 11.1. The highest BCUT2D eigenvalue weighted by Gasteiger charge is 2.17. The number of nitro groups is 1. The number of rotatable bonds is 4. The summed E-state index contributed by atoms with van der Waals surface area (Å²) in [5.74, 6) is -0.671. The number of hydrogen-bond donors (Lipinski definition) is 1. The van der Waals surface area contributed by atoms with Gasteiger partial charge in [0.25, 0.3) is 5.69 Å². The van der Waals surface area contributed by atoms with Crippen molar-refractivity contribution >= 4 is 17.5 Å². The fraction of sp³-hybridized carbons (Fsp3) is 0.154. The number of anilines is 1. The minimum absolute atomic E-state index is 0.0332. The highest BCUT2D eigenvalue weighted by atomic mass is 16.6. The van der Waals surface area contributed by atoms with Gasteiger partial charge in [-0.25, -0.2) is 14.8 Å². The Balaban J connectivity index is 2.55. The van der Waals surface area contributed by atoms with Crippen molar-refractivity contribution in [2.45, 2.75) is 0 Å². The molecule has 0 saturated heterocycles. The van der Waals surface area contributed by atoms with Crippen LogP contribution in [0.25, 0.3) is 11.4 Å². The molecule has 0 bridgehead atoms. The zero-order valence-electron chi connectivity index (χ0n) is 11.3. The number of carboxylic acid groups (broad SMARTS) is 1. The first-order chi connectivity index (χ1) is 9.90. The predicted molar refractivity (Wildman–Crippen MR) is 75.4 cm³/mol. The second-order valence-corrected chi connectivity index (χ2v) is 4.44. The predicted octanol–water partition coefficient (Wildman–Crippen LogP) is 1.82. The van der Waals surface area contributed by atoms with Gasteiger partial charge in [-0.3, -0.25) is 10.1 Å². The van der Waals surface area contributed by atoms with Crippen LogP contribution in [0.1, 0.15) is 10.4 Å². The molecule has 1 N–H and O–H groups in total. The largest absolute Gasteiger partial charge is 0.477 e. The highest BCUT2D eigenvalue weighted by molar-refractivity contribution is 5.93. The van der Waals surface area contributed by atoms with E-state index < -0.39 is 10.9 Å². The molecule has 0 radical (unpaired) electrons. The zero-order chi connectivity index (χ0) is 15.6. The lowest BCUT2D eigenvalue weighted by Gasteiger charge is -2.14. The molecule has 21 heavy (non-hydrogen) atoms. The van der Waals surface area contributed by atoms with Gasteiger partial charge in [0.05, 0.1) is 4.92 Å². The topological polar surface area (TPSA) is 109 Å². The van der Waals surface area contributed by atoms with Crippen LogP contribution in [-0.2, 0) is 0 Å². The number of benzene rings is 1. The van der Waals surface area contributed by atoms with Gasteiger partial charge in [0, 0.05) is 38.0 Å². The fourth-order valence-corrected chi connectivity index (χ4v) is 1.76. The summed E-state index contributed by atoms with van der Waals surface area (Å²) in [4.78, 5) is 31.1. The Labute approximate surface area is 119 Å². The SMILES string of the molecule is CN(C)c1nc(-c2cccc([N+](=O)[O-])c2)ncc1C(=O)O. The molecule has 0 aliphatic heterocycles. The number of aromatic carboxylic acids is 1. The molecule has 0 amide bonds. The van der Waals surface area contributed by atoms with Gasteiger partial charge in [0.2, 0.25) is 0 Å². The van der Waals surface area contributed by atoms with Crippen molar-refractivity contribution in [3.63, 3.8) is 0 Å². The summed E-state index contributed by atoms with van der Waals surface area (Å²) in [5.41, 5.74) is 0.336. The summed E-state index contributed by atoms with van der Waals surface area (Å²) in [7, 11) is 3.32. The molecule has 0 atom stereocenters. The molecule has 8 heteroatoms.